The van der Waals surface area contributed by atoms with Crippen LogP contribution in [0, 0.1) is 0 Å². The molecule has 0 bridgehead atoms. The standard InChI is InChI=1S/C18H20O4/c1-12(9-13-5-6-14(20-2)10-17(13)19)16-8-7-15(21-3)11-18(16)22-4/h5-8,10-11,19H,1,9H2,2-4H3. The van der Waals surface area contributed by atoms with Crippen molar-refractivity contribution >= 4 is 5.57 Å². The second-order valence-electron chi connectivity index (χ2n) is 4.84. The third-order valence-electron chi connectivity index (χ3n) is 3.49. The highest BCUT2D eigenvalue weighted by Gasteiger charge is 2.11. The predicted octanol–water partition coefficient (Wildman–Crippen LogP) is 3.67. The van der Waals surface area contributed by atoms with Crippen molar-refractivity contribution in [1.29, 1.82) is 0 Å². The highest BCUT2D eigenvalue weighted by atomic mass is 16.5. The quantitative estimate of drug-likeness (QED) is 0.884. The summed E-state index contributed by atoms with van der Waals surface area (Å²) >= 11 is 0. The number of allylic oxidation sites excluding steroid dienone is 1. The molecular weight excluding hydrogens is 280 g/mol. The monoisotopic (exact) mass is 300 g/mol. The normalized spacial score (nSPS) is 10.1. The van der Waals surface area contributed by atoms with Gasteiger partial charge in [0.15, 0.2) is 0 Å². The Labute approximate surface area is 130 Å². The van der Waals surface area contributed by atoms with Gasteiger partial charge in [0, 0.05) is 24.1 Å². The Morgan fingerprint density at radius 1 is 0.955 bits per heavy atom. The van der Waals surface area contributed by atoms with Gasteiger partial charge in [-0.3, -0.25) is 0 Å². The Balaban J connectivity index is 2.25. The first kappa shape index (κ1) is 15.8. The minimum Gasteiger partial charge on any atom is -0.508 e. The lowest BCUT2D eigenvalue weighted by Gasteiger charge is -2.13. The topological polar surface area (TPSA) is 47.9 Å². The van der Waals surface area contributed by atoms with Crippen LogP contribution >= 0.6 is 0 Å². The van der Waals surface area contributed by atoms with Crippen LogP contribution in [-0.2, 0) is 6.42 Å². The molecular formula is C18H20O4. The summed E-state index contributed by atoms with van der Waals surface area (Å²) in [6, 6.07) is 10.8. The van der Waals surface area contributed by atoms with E-state index >= 15 is 0 Å². The fourth-order valence-corrected chi connectivity index (χ4v) is 2.24. The van der Waals surface area contributed by atoms with Gasteiger partial charge in [0.1, 0.15) is 23.0 Å². The van der Waals surface area contributed by atoms with Gasteiger partial charge < -0.3 is 19.3 Å². The number of ether oxygens (including phenoxy) is 3. The average Bonchev–Trinajstić information content (AvgIpc) is 2.55. The van der Waals surface area contributed by atoms with Crippen molar-refractivity contribution in [3.63, 3.8) is 0 Å². The molecule has 0 aliphatic rings. The molecule has 0 fully saturated rings. The zero-order valence-electron chi connectivity index (χ0n) is 13.1. The number of aromatic hydroxyl groups is 1. The molecule has 0 amide bonds. The first-order chi connectivity index (χ1) is 10.6. The maximum Gasteiger partial charge on any atom is 0.130 e. The van der Waals surface area contributed by atoms with Crippen molar-refractivity contribution in [3.05, 3.63) is 54.1 Å². The summed E-state index contributed by atoms with van der Waals surface area (Å²) in [6.45, 7) is 4.10. The molecule has 0 aromatic heterocycles. The van der Waals surface area contributed by atoms with E-state index in [1.165, 1.54) is 0 Å². The van der Waals surface area contributed by atoms with E-state index in [1.54, 1.807) is 27.4 Å². The average molecular weight is 300 g/mol. The Morgan fingerprint density at radius 2 is 1.59 bits per heavy atom. The zero-order chi connectivity index (χ0) is 16.1. The fraction of sp³-hybridized carbons (Fsp3) is 0.222. The van der Waals surface area contributed by atoms with Crippen LogP contribution in [0.4, 0.5) is 0 Å². The molecule has 2 aromatic carbocycles. The van der Waals surface area contributed by atoms with E-state index in [0.29, 0.717) is 17.9 Å². The fourth-order valence-electron chi connectivity index (χ4n) is 2.24. The van der Waals surface area contributed by atoms with Crippen LogP contribution in [0.2, 0.25) is 0 Å². The van der Waals surface area contributed by atoms with Gasteiger partial charge in [-0.2, -0.15) is 0 Å². The highest BCUT2D eigenvalue weighted by molar-refractivity contribution is 5.72. The summed E-state index contributed by atoms with van der Waals surface area (Å²) in [5, 5.41) is 10.1. The molecule has 2 rings (SSSR count). The van der Waals surface area contributed by atoms with Crippen molar-refractivity contribution in [1.82, 2.24) is 0 Å². The van der Waals surface area contributed by atoms with Gasteiger partial charge in [0.05, 0.1) is 21.3 Å². The minimum absolute atomic E-state index is 0.188. The summed E-state index contributed by atoms with van der Waals surface area (Å²) in [6.07, 6.45) is 0.512. The maximum atomic E-state index is 10.1. The number of hydrogen-bond donors (Lipinski definition) is 1. The Morgan fingerprint density at radius 3 is 2.18 bits per heavy atom. The lowest BCUT2D eigenvalue weighted by molar-refractivity contribution is 0.393. The number of benzene rings is 2. The largest absolute Gasteiger partial charge is 0.508 e. The molecule has 1 N–H and O–H groups in total. The summed E-state index contributed by atoms with van der Waals surface area (Å²) in [5.41, 5.74) is 2.52. The summed E-state index contributed by atoms with van der Waals surface area (Å²) in [4.78, 5) is 0. The Hall–Kier alpha value is -2.62. The summed E-state index contributed by atoms with van der Waals surface area (Å²) in [7, 11) is 4.78. The van der Waals surface area contributed by atoms with Gasteiger partial charge in [-0.25, -0.2) is 0 Å². The van der Waals surface area contributed by atoms with Gasteiger partial charge in [0.2, 0.25) is 0 Å². The van der Waals surface area contributed by atoms with E-state index in [0.717, 1.165) is 22.4 Å². The zero-order valence-corrected chi connectivity index (χ0v) is 13.1. The van der Waals surface area contributed by atoms with E-state index in [2.05, 4.69) is 6.58 Å². The maximum absolute atomic E-state index is 10.1. The van der Waals surface area contributed by atoms with Crippen LogP contribution in [0.3, 0.4) is 0 Å². The van der Waals surface area contributed by atoms with Crippen LogP contribution in [0.5, 0.6) is 23.0 Å². The molecule has 0 saturated heterocycles. The van der Waals surface area contributed by atoms with Crippen molar-refractivity contribution in [2.75, 3.05) is 21.3 Å². The molecule has 2 aromatic rings. The van der Waals surface area contributed by atoms with Gasteiger partial charge in [-0.1, -0.05) is 12.6 Å². The lowest BCUT2D eigenvalue weighted by atomic mass is 9.98. The van der Waals surface area contributed by atoms with Crippen LogP contribution in [-0.4, -0.2) is 26.4 Å². The minimum atomic E-state index is 0.188. The van der Waals surface area contributed by atoms with Crippen molar-refractivity contribution in [3.8, 4) is 23.0 Å². The molecule has 0 aliphatic carbocycles. The molecule has 0 radical (unpaired) electrons. The van der Waals surface area contributed by atoms with Gasteiger partial charge in [-0.05, 0) is 29.3 Å². The molecule has 4 heteroatoms. The van der Waals surface area contributed by atoms with Gasteiger partial charge in [-0.15, -0.1) is 0 Å². The summed E-state index contributed by atoms with van der Waals surface area (Å²) in [5.74, 6) is 2.22. The molecule has 0 unspecified atom stereocenters. The van der Waals surface area contributed by atoms with Crippen molar-refractivity contribution < 1.29 is 19.3 Å². The van der Waals surface area contributed by atoms with Crippen LogP contribution < -0.4 is 14.2 Å². The van der Waals surface area contributed by atoms with Crippen molar-refractivity contribution in [2.45, 2.75) is 6.42 Å². The van der Waals surface area contributed by atoms with Crippen LogP contribution in [0.15, 0.2) is 43.0 Å². The first-order valence-electron chi connectivity index (χ1n) is 6.85. The lowest BCUT2D eigenvalue weighted by Crippen LogP contribution is -1.96. The third-order valence-corrected chi connectivity index (χ3v) is 3.49. The third kappa shape index (κ3) is 3.34. The molecule has 116 valence electrons. The van der Waals surface area contributed by atoms with Gasteiger partial charge >= 0.3 is 0 Å². The van der Waals surface area contributed by atoms with Crippen LogP contribution in [0.25, 0.3) is 5.57 Å². The molecule has 0 spiro atoms. The Kier molecular flexibility index (Phi) is 4.94. The smallest absolute Gasteiger partial charge is 0.130 e. The number of hydrogen-bond acceptors (Lipinski definition) is 4. The van der Waals surface area contributed by atoms with E-state index in [-0.39, 0.29) is 5.75 Å². The molecule has 22 heavy (non-hydrogen) atoms. The number of phenols is 1. The SMILES string of the molecule is C=C(Cc1ccc(OC)cc1O)c1ccc(OC)cc1OC. The summed E-state index contributed by atoms with van der Waals surface area (Å²) < 4.78 is 15.7. The van der Waals surface area contributed by atoms with E-state index in [1.807, 2.05) is 30.3 Å². The van der Waals surface area contributed by atoms with Crippen LogP contribution in [0.1, 0.15) is 11.1 Å². The first-order valence-corrected chi connectivity index (χ1v) is 6.85. The van der Waals surface area contributed by atoms with Gasteiger partial charge in [0.25, 0.3) is 0 Å². The number of rotatable bonds is 6. The molecule has 0 aliphatic heterocycles. The van der Waals surface area contributed by atoms with Crippen molar-refractivity contribution in [2.24, 2.45) is 0 Å². The second kappa shape index (κ2) is 6.89. The predicted molar refractivity (Wildman–Crippen MR) is 86.9 cm³/mol. The molecule has 0 heterocycles. The highest BCUT2D eigenvalue weighted by Crippen LogP contribution is 2.33. The molecule has 4 nitrogen and oxygen atoms in total. The number of phenolic OH excluding ortho intramolecular Hbond substituents is 1. The van der Waals surface area contributed by atoms with E-state index < -0.39 is 0 Å². The molecule has 0 atom stereocenters. The Bertz CT molecular complexity index is 677. The van der Waals surface area contributed by atoms with E-state index in [9.17, 15) is 5.11 Å². The number of methoxy groups -OCH3 is 3. The molecule has 0 saturated carbocycles. The van der Waals surface area contributed by atoms with E-state index in [4.69, 9.17) is 14.2 Å². The second-order valence-corrected chi connectivity index (χ2v) is 4.84.